The first-order chi connectivity index (χ1) is 9.68. The van der Waals surface area contributed by atoms with E-state index >= 15 is 0 Å². The van der Waals surface area contributed by atoms with Crippen LogP contribution in [0.5, 0.6) is 0 Å². The molecule has 1 atom stereocenters. The molecule has 0 spiro atoms. The van der Waals surface area contributed by atoms with E-state index in [-0.39, 0.29) is 0 Å². The maximum atomic E-state index is 2.63. The van der Waals surface area contributed by atoms with Crippen LogP contribution < -0.4 is 0 Å². The van der Waals surface area contributed by atoms with Crippen molar-refractivity contribution in [2.75, 3.05) is 5.75 Å². The van der Waals surface area contributed by atoms with E-state index in [0.717, 1.165) is 5.54 Å². The first kappa shape index (κ1) is 15.3. The summed E-state index contributed by atoms with van der Waals surface area (Å²) >= 11 is 6.22. The predicted octanol–water partition coefficient (Wildman–Crippen LogP) is 6.69. The Morgan fingerprint density at radius 3 is 2.65 bits per heavy atom. The summed E-state index contributed by atoms with van der Waals surface area (Å²) in [5.74, 6) is 1.22. The van der Waals surface area contributed by atoms with Crippen molar-refractivity contribution in [2.45, 2.75) is 55.3 Å². The molecule has 2 aliphatic rings. The molecule has 4 heteroatoms. The predicted molar refractivity (Wildman–Crippen MR) is 99.5 cm³/mol. The Balaban J connectivity index is 1.73. The standard InChI is InChI=1S/C16H24S3Si/c1-20(2,13-7-4-3-5-8-13)15-10-12-18-16(19-15)14-9-6-11-17-14/h6,9-11,13,16H,3-5,7-8,12H2,1-2H3. The van der Waals surface area contributed by atoms with Gasteiger partial charge in [-0.25, -0.2) is 0 Å². The molecule has 0 radical (unpaired) electrons. The molecule has 0 nitrogen and oxygen atoms in total. The molecule has 0 bridgehead atoms. The number of hydrogen-bond donors (Lipinski definition) is 0. The van der Waals surface area contributed by atoms with Gasteiger partial charge < -0.3 is 0 Å². The van der Waals surface area contributed by atoms with Gasteiger partial charge in [-0.3, -0.25) is 0 Å². The summed E-state index contributed by atoms with van der Waals surface area (Å²) < 4.78 is 2.45. The Bertz CT molecular complexity index is 458. The molecule has 0 N–H and O–H groups in total. The van der Waals surface area contributed by atoms with Gasteiger partial charge in [-0.1, -0.05) is 57.3 Å². The van der Waals surface area contributed by atoms with E-state index in [0.29, 0.717) is 4.58 Å². The average Bonchev–Trinajstić information content (AvgIpc) is 3.03. The molecule has 110 valence electrons. The van der Waals surface area contributed by atoms with Gasteiger partial charge in [0, 0.05) is 10.6 Å². The highest BCUT2D eigenvalue weighted by molar-refractivity contribution is 8.20. The molecule has 1 fully saturated rings. The summed E-state index contributed by atoms with van der Waals surface area (Å²) in [6, 6.07) is 4.51. The lowest BCUT2D eigenvalue weighted by atomic mass is 10.0. The van der Waals surface area contributed by atoms with Crippen LogP contribution in [0.15, 0.2) is 28.1 Å². The maximum absolute atomic E-state index is 2.63. The zero-order chi connectivity index (χ0) is 14.0. The average molecular weight is 341 g/mol. The summed E-state index contributed by atoms with van der Waals surface area (Å²) in [5, 5.41) is 2.22. The SMILES string of the molecule is C[Si](C)(C1=CCSC(c2cccs2)S1)C1CCCCC1. The van der Waals surface area contributed by atoms with Gasteiger partial charge in [0.2, 0.25) is 0 Å². The van der Waals surface area contributed by atoms with Crippen molar-refractivity contribution in [3.8, 4) is 0 Å². The highest BCUT2D eigenvalue weighted by Gasteiger charge is 2.38. The van der Waals surface area contributed by atoms with E-state index in [1.165, 1.54) is 37.9 Å². The Morgan fingerprint density at radius 1 is 1.15 bits per heavy atom. The van der Waals surface area contributed by atoms with Crippen molar-refractivity contribution in [3.63, 3.8) is 0 Å². The first-order valence-electron chi connectivity index (χ1n) is 7.70. The van der Waals surface area contributed by atoms with Crippen molar-refractivity contribution >= 4 is 42.9 Å². The molecule has 1 unspecified atom stereocenters. The minimum Gasteiger partial charge on any atom is -0.147 e. The molecule has 0 amide bonds. The van der Waals surface area contributed by atoms with Crippen molar-refractivity contribution in [1.82, 2.24) is 0 Å². The second-order valence-corrected chi connectivity index (χ2v) is 15.1. The van der Waals surface area contributed by atoms with Gasteiger partial charge in [-0.05, 0) is 21.5 Å². The van der Waals surface area contributed by atoms with Crippen LogP contribution in [-0.4, -0.2) is 13.8 Å². The van der Waals surface area contributed by atoms with Gasteiger partial charge in [-0.2, -0.15) is 0 Å². The van der Waals surface area contributed by atoms with Crippen LogP contribution in [0.3, 0.4) is 0 Å². The van der Waals surface area contributed by atoms with Gasteiger partial charge in [0.05, 0.1) is 12.7 Å². The molecular formula is C16H24S3Si. The van der Waals surface area contributed by atoms with Crippen molar-refractivity contribution in [1.29, 1.82) is 0 Å². The van der Waals surface area contributed by atoms with E-state index in [4.69, 9.17) is 0 Å². The third kappa shape index (κ3) is 3.23. The summed E-state index contributed by atoms with van der Waals surface area (Å²) in [4.78, 5) is 1.55. The van der Waals surface area contributed by atoms with E-state index in [1.807, 2.05) is 11.3 Å². The van der Waals surface area contributed by atoms with E-state index in [1.54, 1.807) is 9.41 Å². The summed E-state index contributed by atoms with van der Waals surface area (Å²) in [7, 11) is -1.24. The van der Waals surface area contributed by atoms with Crippen LogP contribution in [0, 0.1) is 0 Å². The second kappa shape index (κ2) is 6.63. The van der Waals surface area contributed by atoms with Crippen molar-refractivity contribution < 1.29 is 0 Å². The molecule has 2 heterocycles. The van der Waals surface area contributed by atoms with Crippen molar-refractivity contribution in [3.05, 3.63) is 33.0 Å². The third-order valence-electron chi connectivity index (χ3n) is 4.79. The zero-order valence-corrected chi connectivity index (χ0v) is 15.9. The summed E-state index contributed by atoms with van der Waals surface area (Å²) in [5.41, 5.74) is 1.03. The number of rotatable bonds is 3. The Morgan fingerprint density at radius 2 is 1.95 bits per heavy atom. The highest BCUT2D eigenvalue weighted by Crippen LogP contribution is 2.53. The van der Waals surface area contributed by atoms with Gasteiger partial charge in [0.15, 0.2) is 0 Å². The van der Waals surface area contributed by atoms with Crippen LogP contribution >= 0.6 is 34.9 Å². The second-order valence-electron chi connectivity index (χ2n) is 6.42. The molecule has 3 rings (SSSR count). The number of thioether (sulfide) groups is 2. The van der Waals surface area contributed by atoms with E-state index in [2.05, 4.69) is 60.2 Å². The lowest BCUT2D eigenvalue weighted by molar-refractivity contribution is 0.494. The Labute approximate surface area is 136 Å². The highest BCUT2D eigenvalue weighted by atomic mass is 32.2. The molecular weight excluding hydrogens is 316 g/mol. The maximum Gasteiger partial charge on any atom is 0.0915 e. The Kier molecular flexibility index (Phi) is 5.06. The fourth-order valence-corrected chi connectivity index (χ4v) is 12.2. The third-order valence-corrected chi connectivity index (χ3v) is 14.5. The topological polar surface area (TPSA) is 0 Å². The molecule has 1 aliphatic carbocycles. The number of hydrogen-bond acceptors (Lipinski definition) is 3. The van der Waals surface area contributed by atoms with Crippen LogP contribution in [0.25, 0.3) is 0 Å². The van der Waals surface area contributed by atoms with Crippen LogP contribution in [0.4, 0.5) is 0 Å². The molecule has 1 saturated carbocycles. The minimum atomic E-state index is -1.24. The Hall–Kier alpha value is 0.357. The fourth-order valence-electron chi connectivity index (χ4n) is 3.41. The summed E-state index contributed by atoms with van der Waals surface area (Å²) in [6.45, 7) is 5.26. The molecule has 20 heavy (non-hydrogen) atoms. The largest absolute Gasteiger partial charge is 0.147 e. The van der Waals surface area contributed by atoms with E-state index in [9.17, 15) is 0 Å². The van der Waals surface area contributed by atoms with Gasteiger partial charge >= 0.3 is 0 Å². The van der Waals surface area contributed by atoms with Gasteiger partial charge in [-0.15, -0.1) is 34.9 Å². The van der Waals surface area contributed by atoms with Crippen molar-refractivity contribution in [2.24, 2.45) is 0 Å². The van der Waals surface area contributed by atoms with Crippen LogP contribution in [0.1, 0.15) is 41.6 Å². The molecule has 1 aromatic rings. The lowest BCUT2D eigenvalue weighted by Gasteiger charge is -2.39. The van der Waals surface area contributed by atoms with Crippen LogP contribution in [-0.2, 0) is 0 Å². The lowest BCUT2D eigenvalue weighted by Crippen LogP contribution is -2.36. The van der Waals surface area contributed by atoms with Crippen LogP contribution in [0.2, 0.25) is 18.6 Å². The molecule has 1 aliphatic heterocycles. The molecule has 0 saturated heterocycles. The summed E-state index contributed by atoms with van der Waals surface area (Å²) in [6.07, 6.45) is 9.98. The fraction of sp³-hybridized carbons (Fsp3) is 0.625. The smallest absolute Gasteiger partial charge is 0.0915 e. The normalized spacial score (nSPS) is 25.5. The zero-order valence-electron chi connectivity index (χ0n) is 12.4. The quantitative estimate of drug-likeness (QED) is 0.562. The van der Waals surface area contributed by atoms with Gasteiger partial charge in [0.25, 0.3) is 0 Å². The molecule has 0 aromatic carbocycles. The van der Waals surface area contributed by atoms with Gasteiger partial charge in [0.1, 0.15) is 0 Å². The molecule has 1 aromatic heterocycles. The monoisotopic (exact) mass is 340 g/mol. The number of thiophene rings is 1. The first-order valence-corrected chi connectivity index (χ1v) is 13.6. The minimum absolute atomic E-state index is 0.658. The van der Waals surface area contributed by atoms with E-state index < -0.39 is 8.07 Å².